The van der Waals surface area contributed by atoms with Crippen molar-refractivity contribution in [3.05, 3.63) is 65.2 Å². The highest BCUT2D eigenvalue weighted by atomic mass is 16.5. The number of hydrogen-bond acceptors (Lipinski definition) is 7. The molecule has 1 aromatic carbocycles. The predicted molar refractivity (Wildman–Crippen MR) is 132 cm³/mol. The molecule has 5 rings (SSSR count). The Morgan fingerprint density at radius 2 is 1.97 bits per heavy atom. The molecule has 0 unspecified atom stereocenters. The van der Waals surface area contributed by atoms with Crippen LogP contribution in [0.15, 0.2) is 42.7 Å². The van der Waals surface area contributed by atoms with Gasteiger partial charge in [-0.05, 0) is 38.6 Å². The third kappa shape index (κ3) is 4.38. The standard InChI is InChI=1S/C25H30N8O/c1-31(2)13-14-33-12-11-22(30-33)27-25-26-16-18-9-10-19-23(24(18)28-25)20(32(3)29-19)15-17-7-5-6-8-21(17)34-4/h5-8,11-12,16H,9-10,13-15H2,1-4H3,(H,26,27,28,30). The van der Waals surface area contributed by atoms with Gasteiger partial charge in [-0.25, -0.2) is 9.97 Å². The molecule has 0 spiro atoms. The van der Waals surface area contributed by atoms with Crippen LogP contribution in [0.3, 0.4) is 0 Å². The fourth-order valence-corrected chi connectivity index (χ4v) is 4.39. The molecule has 0 radical (unpaired) electrons. The van der Waals surface area contributed by atoms with Crippen molar-refractivity contribution in [2.75, 3.05) is 33.1 Å². The molecule has 176 valence electrons. The summed E-state index contributed by atoms with van der Waals surface area (Å²) in [6.07, 6.45) is 6.37. The fourth-order valence-electron chi connectivity index (χ4n) is 4.39. The second-order valence-electron chi connectivity index (χ2n) is 8.84. The van der Waals surface area contributed by atoms with E-state index in [-0.39, 0.29) is 0 Å². The van der Waals surface area contributed by atoms with E-state index in [9.17, 15) is 0 Å². The van der Waals surface area contributed by atoms with Crippen LogP contribution in [0.2, 0.25) is 0 Å². The molecule has 0 fully saturated rings. The smallest absolute Gasteiger partial charge is 0.228 e. The Morgan fingerprint density at radius 1 is 1.12 bits per heavy atom. The second kappa shape index (κ2) is 9.26. The minimum atomic E-state index is 0.538. The lowest BCUT2D eigenvalue weighted by Gasteiger charge is -2.17. The summed E-state index contributed by atoms with van der Waals surface area (Å²) in [6, 6.07) is 10.1. The summed E-state index contributed by atoms with van der Waals surface area (Å²) in [5, 5.41) is 12.7. The summed E-state index contributed by atoms with van der Waals surface area (Å²) < 4.78 is 9.49. The lowest BCUT2D eigenvalue weighted by atomic mass is 9.91. The van der Waals surface area contributed by atoms with E-state index in [1.807, 2.05) is 53.1 Å². The molecule has 9 nitrogen and oxygen atoms in total. The predicted octanol–water partition coefficient (Wildman–Crippen LogP) is 3.08. The zero-order chi connectivity index (χ0) is 23.7. The van der Waals surface area contributed by atoms with Crippen LogP contribution in [-0.2, 0) is 32.9 Å². The highest BCUT2D eigenvalue weighted by Crippen LogP contribution is 2.36. The van der Waals surface area contributed by atoms with Gasteiger partial charge in [0.25, 0.3) is 0 Å². The number of aromatic nitrogens is 6. The van der Waals surface area contributed by atoms with Gasteiger partial charge in [0, 0.05) is 49.6 Å². The average molecular weight is 459 g/mol. The Labute approximate surface area is 199 Å². The van der Waals surface area contributed by atoms with Crippen LogP contribution in [0.1, 0.15) is 22.5 Å². The Balaban J connectivity index is 1.45. The lowest BCUT2D eigenvalue weighted by molar-refractivity contribution is 0.373. The molecule has 0 atom stereocenters. The van der Waals surface area contributed by atoms with Crippen molar-refractivity contribution in [1.82, 2.24) is 34.4 Å². The van der Waals surface area contributed by atoms with Gasteiger partial charge in [-0.2, -0.15) is 10.2 Å². The first-order valence-corrected chi connectivity index (χ1v) is 11.5. The molecule has 0 aliphatic heterocycles. The van der Waals surface area contributed by atoms with Gasteiger partial charge < -0.3 is 15.0 Å². The van der Waals surface area contributed by atoms with E-state index in [1.54, 1.807) is 7.11 Å². The number of nitrogens with zero attached hydrogens (tertiary/aromatic N) is 7. The summed E-state index contributed by atoms with van der Waals surface area (Å²) in [4.78, 5) is 11.6. The van der Waals surface area contributed by atoms with E-state index < -0.39 is 0 Å². The van der Waals surface area contributed by atoms with Crippen LogP contribution in [-0.4, -0.2) is 62.2 Å². The molecule has 34 heavy (non-hydrogen) atoms. The molecule has 4 aromatic rings. The number of aryl methyl sites for hydroxylation is 3. The van der Waals surface area contributed by atoms with Gasteiger partial charge in [0.15, 0.2) is 5.82 Å². The van der Waals surface area contributed by atoms with Crippen molar-refractivity contribution in [3.8, 4) is 17.0 Å². The number of benzene rings is 1. The first-order chi connectivity index (χ1) is 16.5. The molecule has 3 heterocycles. The van der Waals surface area contributed by atoms with E-state index in [2.05, 4.69) is 40.5 Å². The van der Waals surface area contributed by atoms with E-state index >= 15 is 0 Å². The molecule has 0 bridgehead atoms. The van der Waals surface area contributed by atoms with Crippen molar-refractivity contribution in [3.63, 3.8) is 0 Å². The number of nitrogens with one attached hydrogen (secondary N) is 1. The Bertz CT molecular complexity index is 1310. The maximum atomic E-state index is 5.59. The van der Waals surface area contributed by atoms with Gasteiger partial charge in [-0.1, -0.05) is 18.2 Å². The highest BCUT2D eigenvalue weighted by molar-refractivity contribution is 5.72. The summed E-state index contributed by atoms with van der Waals surface area (Å²) >= 11 is 0. The molecule has 0 saturated carbocycles. The third-order valence-electron chi connectivity index (χ3n) is 6.18. The monoisotopic (exact) mass is 458 g/mol. The molecule has 0 amide bonds. The molecule has 1 aliphatic carbocycles. The van der Waals surface area contributed by atoms with Crippen molar-refractivity contribution in [1.29, 1.82) is 0 Å². The van der Waals surface area contributed by atoms with E-state index in [0.717, 1.165) is 71.3 Å². The lowest BCUT2D eigenvalue weighted by Crippen LogP contribution is -2.18. The van der Waals surface area contributed by atoms with Gasteiger partial charge >= 0.3 is 0 Å². The largest absolute Gasteiger partial charge is 0.496 e. The SMILES string of the molecule is COc1ccccc1Cc1c2c(nn1C)CCc1cnc(Nc3ccn(CCN(C)C)n3)nc1-2. The normalized spacial score (nSPS) is 12.5. The van der Waals surface area contributed by atoms with Crippen LogP contribution in [0.4, 0.5) is 11.8 Å². The number of para-hydroxylation sites is 1. The minimum absolute atomic E-state index is 0.538. The summed E-state index contributed by atoms with van der Waals surface area (Å²) in [5.74, 6) is 2.15. The van der Waals surface area contributed by atoms with E-state index in [1.165, 1.54) is 0 Å². The topological polar surface area (TPSA) is 85.9 Å². The number of fused-ring (bicyclic) bond motifs is 3. The van der Waals surface area contributed by atoms with E-state index in [4.69, 9.17) is 14.8 Å². The zero-order valence-electron chi connectivity index (χ0n) is 20.1. The van der Waals surface area contributed by atoms with E-state index in [0.29, 0.717) is 12.4 Å². The quantitative estimate of drug-likeness (QED) is 0.434. The first-order valence-electron chi connectivity index (χ1n) is 11.5. The fraction of sp³-hybridized carbons (Fsp3) is 0.360. The van der Waals surface area contributed by atoms with Gasteiger partial charge in [0.1, 0.15) is 5.75 Å². The number of methoxy groups -OCH3 is 1. The summed E-state index contributed by atoms with van der Waals surface area (Å²) in [6.45, 7) is 1.75. The van der Waals surface area contributed by atoms with Gasteiger partial charge in [-0.3, -0.25) is 9.36 Å². The average Bonchev–Trinajstić information content (AvgIpc) is 3.41. The molecular weight excluding hydrogens is 428 g/mol. The molecule has 3 aromatic heterocycles. The highest BCUT2D eigenvalue weighted by Gasteiger charge is 2.27. The van der Waals surface area contributed by atoms with Crippen LogP contribution < -0.4 is 10.1 Å². The number of rotatable bonds is 8. The van der Waals surface area contributed by atoms with Crippen LogP contribution in [0, 0.1) is 0 Å². The Morgan fingerprint density at radius 3 is 2.79 bits per heavy atom. The second-order valence-corrected chi connectivity index (χ2v) is 8.84. The number of ether oxygens (including phenoxy) is 1. The van der Waals surface area contributed by atoms with Crippen LogP contribution in [0.25, 0.3) is 11.3 Å². The Kier molecular flexibility index (Phi) is 6.02. The molecule has 9 heteroatoms. The maximum absolute atomic E-state index is 5.59. The first kappa shape index (κ1) is 22.1. The van der Waals surface area contributed by atoms with Crippen LogP contribution in [0.5, 0.6) is 5.75 Å². The molecule has 1 aliphatic rings. The van der Waals surface area contributed by atoms with Crippen molar-refractivity contribution in [2.45, 2.75) is 25.8 Å². The minimum Gasteiger partial charge on any atom is -0.496 e. The van der Waals surface area contributed by atoms with Crippen LogP contribution >= 0.6 is 0 Å². The number of hydrogen-bond donors (Lipinski definition) is 1. The van der Waals surface area contributed by atoms with Crippen molar-refractivity contribution >= 4 is 11.8 Å². The van der Waals surface area contributed by atoms with Gasteiger partial charge in [-0.15, -0.1) is 0 Å². The van der Waals surface area contributed by atoms with Crippen molar-refractivity contribution in [2.24, 2.45) is 7.05 Å². The third-order valence-corrected chi connectivity index (χ3v) is 6.18. The summed E-state index contributed by atoms with van der Waals surface area (Å²) in [5.41, 5.74) is 6.53. The van der Waals surface area contributed by atoms with Gasteiger partial charge in [0.05, 0.1) is 30.7 Å². The summed E-state index contributed by atoms with van der Waals surface area (Å²) in [7, 11) is 7.82. The number of likely N-dealkylation sites (N-methyl/N-ethyl adjacent to an activating group) is 1. The van der Waals surface area contributed by atoms with Crippen molar-refractivity contribution < 1.29 is 4.74 Å². The molecular formula is C25H30N8O. The Hall–Kier alpha value is -3.72. The van der Waals surface area contributed by atoms with Gasteiger partial charge in [0.2, 0.25) is 5.95 Å². The molecule has 0 saturated heterocycles. The number of anilines is 2. The maximum Gasteiger partial charge on any atom is 0.228 e. The zero-order valence-corrected chi connectivity index (χ0v) is 20.1. The molecule has 1 N–H and O–H groups in total.